The molecular weight excluding hydrogens is 451 g/mol. The SMILES string of the molecule is [B]C1(O)COCC(O)(O)N1c1ccc(Nc2nccc(-c3ccc(C(=O)NCC#N)cc3)n2)cc1. The third-order valence-electron chi connectivity index (χ3n) is 5.16. The highest BCUT2D eigenvalue weighted by atomic mass is 16.6. The van der Waals surface area contributed by atoms with Gasteiger partial charge < -0.3 is 30.7 Å². The Labute approximate surface area is 202 Å². The third kappa shape index (κ3) is 5.39. The quantitative estimate of drug-likeness (QED) is 0.193. The van der Waals surface area contributed by atoms with Gasteiger partial charge in [0, 0.05) is 28.7 Å². The molecule has 11 nitrogen and oxygen atoms in total. The second-order valence-electron chi connectivity index (χ2n) is 7.84. The fraction of sp³-hybridized carbons (Fsp3) is 0.217. The zero-order valence-electron chi connectivity index (χ0n) is 18.4. The van der Waals surface area contributed by atoms with Crippen LogP contribution in [0.4, 0.5) is 17.3 Å². The first-order chi connectivity index (χ1) is 16.7. The van der Waals surface area contributed by atoms with Crippen LogP contribution in [0.2, 0.25) is 0 Å². The molecule has 176 valence electrons. The summed E-state index contributed by atoms with van der Waals surface area (Å²) in [7, 11) is 5.78. The molecule has 0 spiro atoms. The maximum Gasteiger partial charge on any atom is 0.273 e. The van der Waals surface area contributed by atoms with E-state index in [0.29, 0.717) is 22.9 Å². The number of nitrogens with zero attached hydrogens (tertiary/aromatic N) is 4. The van der Waals surface area contributed by atoms with E-state index >= 15 is 0 Å². The molecule has 1 atom stereocenters. The standard InChI is InChI=1S/C23H21BN6O5/c24-22(32)13-35-14-23(33,34)30(22)18-7-5-17(6-8-18)28-21-27-11-9-19(29-21)15-1-3-16(4-2-15)20(31)26-12-10-25/h1-9,11,32-34H,12-14H2,(H,26,31)(H,27,28,29). The summed E-state index contributed by atoms with van der Waals surface area (Å²) in [6.07, 6.45) is 1.58. The van der Waals surface area contributed by atoms with Gasteiger partial charge in [0.2, 0.25) is 5.95 Å². The molecule has 0 aliphatic carbocycles. The minimum atomic E-state index is -2.49. The largest absolute Gasteiger partial charge is 0.378 e. The summed E-state index contributed by atoms with van der Waals surface area (Å²) in [5.41, 5.74) is 0.568. The van der Waals surface area contributed by atoms with E-state index in [4.69, 9.17) is 17.8 Å². The Morgan fingerprint density at radius 3 is 2.49 bits per heavy atom. The number of nitriles is 1. The van der Waals surface area contributed by atoms with Gasteiger partial charge in [-0.25, -0.2) is 9.97 Å². The van der Waals surface area contributed by atoms with Gasteiger partial charge >= 0.3 is 0 Å². The van der Waals surface area contributed by atoms with Crippen LogP contribution in [0.5, 0.6) is 0 Å². The first-order valence-corrected chi connectivity index (χ1v) is 10.5. The number of hydrogen-bond acceptors (Lipinski definition) is 10. The van der Waals surface area contributed by atoms with Crippen molar-refractivity contribution in [1.82, 2.24) is 15.3 Å². The molecule has 1 aliphatic heterocycles. The summed E-state index contributed by atoms with van der Waals surface area (Å²) in [5.74, 6) is -2.51. The summed E-state index contributed by atoms with van der Waals surface area (Å²) in [6, 6.07) is 16.7. The maximum atomic E-state index is 11.9. The van der Waals surface area contributed by atoms with Crippen molar-refractivity contribution in [2.24, 2.45) is 0 Å². The number of amides is 1. The van der Waals surface area contributed by atoms with E-state index in [9.17, 15) is 20.1 Å². The molecule has 2 heterocycles. The number of nitrogens with one attached hydrogen (secondary N) is 2. The molecule has 12 heteroatoms. The molecule has 0 bridgehead atoms. The predicted octanol–water partition coefficient (Wildman–Crippen LogP) is 0.430. The number of hydrogen-bond donors (Lipinski definition) is 5. The summed E-state index contributed by atoms with van der Waals surface area (Å²) in [6.45, 7) is -0.816. The van der Waals surface area contributed by atoms with Crippen LogP contribution in [-0.4, -0.2) is 70.3 Å². The zero-order valence-corrected chi connectivity index (χ0v) is 18.4. The Hall–Kier alpha value is -4.02. The Bertz CT molecular complexity index is 1230. The average Bonchev–Trinajstić information content (AvgIpc) is 2.83. The number of anilines is 3. The molecule has 2 radical (unpaired) electrons. The number of rotatable bonds is 6. The molecule has 5 N–H and O–H groups in total. The lowest BCUT2D eigenvalue weighted by molar-refractivity contribution is -0.248. The van der Waals surface area contributed by atoms with Crippen molar-refractivity contribution in [3.8, 4) is 17.3 Å². The van der Waals surface area contributed by atoms with Crippen LogP contribution in [-0.2, 0) is 4.74 Å². The highest BCUT2D eigenvalue weighted by Gasteiger charge is 2.47. The molecule has 2 aromatic carbocycles. The summed E-state index contributed by atoms with van der Waals surface area (Å²) in [5, 5.41) is 44.9. The van der Waals surface area contributed by atoms with Gasteiger partial charge in [-0.15, -0.1) is 0 Å². The lowest BCUT2D eigenvalue weighted by Gasteiger charge is -2.49. The van der Waals surface area contributed by atoms with Gasteiger partial charge in [-0.1, -0.05) is 12.1 Å². The number of aromatic nitrogens is 2. The molecule has 4 rings (SSSR count). The average molecular weight is 472 g/mol. The van der Waals surface area contributed by atoms with Crippen molar-refractivity contribution in [2.75, 3.05) is 30.0 Å². The van der Waals surface area contributed by atoms with Gasteiger partial charge in [0.15, 0.2) is 0 Å². The number of aliphatic hydroxyl groups is 3. The molecule has 1 amide bonds. The van der Waals surface area contributed by atoms with E-state index in [0.717, 1.165) is 10.5 Å². The maximum absolute atomic E-state index is 11.9. The van der Waals surface area contributed by atoms with Gasteiger partial charge in [0.1, 0.15) is 26.6 Å². The number of morpholine rings is 1. The van der Waals surface area contributed by atoms with E-state index < -0.39 is 18.1 Å². The van der Waals surface area contributed by atoms with Crippen molar-refractivity contribution >= 4 is 31.1 Å². The fourth-order valence-electron chi connectivity index (χ4n) is 3.62. The predicted molar refractivity (Wildman–Crippen MR) is 126 cm³/mol. The lowest BCUT2D eigenvalue weighted by Crippen LogP contribution is -2.69. The molecule has 35 heavy (non-hydrogen) atoms. The van der Waals surface area contributed by atoms with Crippen LogP contribution in [0, 0.1) is 11.3 Å². The molecular formula is C23H21BN6O5. The van der Waals surface area contributed by atoms with Crippen LogP contribution in [0.25, 0.3) is 11.3 Å². The lowest BCUT2D eigenvalue weighted by atomic mass is 9.87. The van der Waals surface area contributed by atoms with Crippen molar-refractivity contribution in [1.29, 1.82) is 5.26 Å². The first-order valence-electron chi connectivity index (χ1n) is 10.5. The van der Waals surface area contributed by atoms with Crippen LogP contribution < -0.4 is 15.5 Å². The van der Waals surface area contributed by atoms with E-state index in [1.165, 1.54) is 0 Å². The molecule has 1 aromatic heterocycles. The van der Waals surface area contributed by atoms with Crippen LogP contribution >= 0.6 is 0 Å². The summed E-state index contributed by atoms with van der Waals surface area (Å²) in [4.78, 5) is 21.5. The first kappa shape index (κ1) is 24.1. The number of carbonyl (C=O) groups is 1. The van der Waals surface area contributed by atoms with Crippen molar-refractivity contribution < 1.29 is 24.9 Å². The van der Waals surface area contributed by atoms with Gasteiger partial charge in [0.25, 0.3) is 11.8 Å². The van der Waals surface area contributed by atoms with Crippen molar-refractivity contribution in [3.63, 3.8) is 0 Å². The van der Waals surface area contributed by atoms with E-state index in [1.54, 1.807) is 60.8 Å². The minimum absolute atomic E-state index is 0.0666. The monoisotopic (exact) mass is 472 g/mol. The highest BCUT2D eigenvalue weighted by Crippen LogP contribution is 2.32. The zero-order chi connectivity index (χ0) is 25.1. The van der Waals surface area contributed by atoms with E-state index in [-0.39, 0.29) is 24.7 Å². The summed E-state index contributed by atoms with van der Waals surface area (Å²) >= 11 is 0. The topological polar surface area (TPSA) is 164 Å². The second kappa shape index (κ2) is 9.69. The van der Waals surface area contributed by atoms with Gasteiger partial charge in [-0.2, -0.15) is 5.26 Å². The molecule has 1 unspecified atom stereocenters. The normalized spacial score (nSPS) is 19.0. The van der Waals surface area contributed by atoms with Crippen LogP contribution in [0.1, 0.15) is 10.4 Å². The molecule has 1 aliphatic rings. The molecule has 3 aromatic rings. The van der Waals surface area contributed by atoms with E-state index in [2.05, 4.69) is 20.6 Å². The molecule has 1 fully saturated rings. The van der Waals surface area contributed by atoms with Gasteiger partial charge in [-0.05, 0) is 42.5 Å². The Morgan fingerprint density at radius 1 is 1.11 bits per heavy atom. The fourth-order valence-corrected chi connectivity index (χ4v) is 3.62. The molecule has 1 saturated heterocycles. The summed E-state index contributed by atoms with van der Waals surface area (Å²) < 4.78 is 4.96. The van der Waals surface area contributed by atoms with E-state index in [1.807, 2.05) is 6.07 Å². The Balaban J connectivity index is 1.48. The third-order valence-corrected chi connectivity index (χ3v) is 5.16. The van der Waals surface area contributed by atoms with Crippen LogP contribution in [0.3, 0.4) is 0 Å². The number of benzene rings is 2. The van der Waals surface area contributed by atoms with Gasteiger partial charge in [0.05, 0.1) is 18.4 Å². The Morgan fingerprint density at radius 2 is 1.83 bits per heavy atom. The Kier molecular flexibility index (Phi) is 6.68. The van der Waals surface area contributed by atoms with Crippen molar-refractivity contribution in [2.45, 2.75) is 11.5 Å². The molecule has 0 saturated carbocycles. The second-order valence-corrected chi connectivity index (χ2v) is 7.84. The minimum Gasteiger partial charge on any atom is -0.378 e. The van der Waals surface area contributed by atoms with Crippen LogP contribution in [0.15, 0.2) is 60.8 Å². The number of carbonyl (C=O) groups excluding carboxylic acids is 1. The smallest absolute Gasteiger partial charge is 0.273 e. The van der Waals surface area contributed by atoms with Gasteiger partial charge in [-0.3, -0.25) is 9.69 Å². The highest BCUT2D eigenvalue weighted by molar-refractivity contribution is 6.16. The van der Waals surface area contributed by atoms with Crippen molar-refractivity contribution in [3.05, 3.63) is 66.4 Å². The number of ether oxygens (including phenoxy) is 1.